The Hall–Kier alpha value is -3.03. The third kappa shape index (κ3) is 4.76. The average molecular weight is 493 g/mol. The van der Waals surface area contributed by atoms with Crippen molar-refractivity contribution < 1.29 is 4.79 Å². The van der Waals surface area contributed by atoms with Gasteiger partial charge in [-0.15, -0.1) is 11.3 Å². The minimum absolute atomic E-state index is 0.0823. The van der Waals surface area contributed by atoms with Gasteiger partial charge < -0.3 is 4.90 Å². The molecule has 2 aromatic heterocycles. The summed E-state index contributed by atoms with van der Waals surface area (Å²) >= 11 is 7.49. The maximum Gasteiger partial charge on any atom is 0.294 e. The monoisotopic (exact) mass is 492 g/mol. The fraction of sp³-hybridized carbons (Fsp3) is 0.308. The van der Waals surface area contributed by atoms with Crippen molar-refractivity contribution in [3.8, 4) is 11.3 Å². The smallest absolute Gasteiger partial charge is 0.294 e. The van der Waals surface area contributed by atoms with Gasteiger partial charge in [-0.05, 0) is 49.8 Å². The molecule has 0 bridgehead atoms. The number of aromatic nitrogens is 3. The number of hydrogen-bond donors (Lipinski definition) is 0. The molecule has 34 heavy (non-hydrogen) atoms. The molecule has 0 saturated carbocycles. The number of likely N-dealkylation sites (tertiary alicyclic amines) is 1. The normalized spacial score (nSPS) is 14.6. The number of piperidine rings is 1. The molecule has 5 rings (SSSR count). The van der Waals surface area contributed by atoms with E-state index in [2.05, 4.69) is 34.3 Å². The Labute approximate surface area is 206 Å². The van der Waals surface area contributed by atoms with Crippen LogP contribution in [0.4, 0.5) is 0 Å². The topological polar surface area (TPSA) is 68.1 Å². The molecule has 1 saturated heterocycles. The molecule has 1 aliphatic heterocycles. The zero-order chi connectivity index (χ0) is 23.7. The fourth-order valence-corrected chi connectivity index (χ4v) is 5.58. The third-order valence-corrected chi connectivity index (χ3v) is 7.57. The molecule has 8 heteroatoms. The molecule has 1 fully saturated rings. The first-order valence-corrected chi connectivity index (χ1v) is 12.6. The molecular weight excluding hydrogens is 468 g/mol. The van der Waals surface area contributed by atoms with Gasteiger partial charge in [0.25, 0.3) is 5.56 Å². The molecule has 1 aliphatic rings. The van der Waals surface area contributed by atoms with E-state index in [-0.39, 0.29) is 18.0 Å². The zero-order valence-electron chi connectivity index (χ0n) is 18.9. The molecule has 174 valence electrons. The standard InChI is InChI=1S/C26H25ClN4O2S/c1-17-28-24-25(34-17)23(20-7-9-21(27)10-8-20)29-31(26(24)33)16-22(32)30-13-11-19(12-14-30)15-18-5-3-2-4-6-18/h2-10,19H,11-16H2,1H3. The maximum atomic E-state index is 13.1. The number of halogens is 1. The van der Waals surface area contributed by atoms with Gasteiger partial charge in [0.1, 0.15) is 12.2 Å². The number of carbonyl (C=O) groups is 1. The Morgan fingerprint density at radius 2 is 1.79 bits per heavy atom. The maximum absolute atomic E-state index is 13.1. The highest BCUT2D eigenvalue weighted by Crippen LogP contribution is 2.30. The van der Waals surface area contributed by atoms with E-state index < -0.39 is 0 Å². The van der Waals surface area contributed by atoms with E-state index in [1.165, 1.54) is 21.6 Å². The number of benzene rings is 2. The lowest BCUT2D eigenvalue weighted by atomic mass is 9.90. The minimum atomic E-state index is -0.329. The van der Waals surface area contributed by atoms with Crippen molar-refractivity contribution in [3.05, 3.63) is 80.5 Å². The first-order valence-electron chi connectivity index (χ1n) is 11.4. The highest BCUT2D eigenvalue weighted by atomic mass is 35.5. The van der Waals surface area contributed by atoms with Gasteiger partial charge in [-0.3, -0.25) is 9.59 Å². The predicted octanol–water partition coefficient (Wildman–Crippen LogP) is 4.96. The van der Waals surface area contributed by atoms with Crippen molar-refractivity contribution in [1.29, 1.82) is 0 Å². The molecular formula is C26H25ClN4O2S. The number of fused-ring (bicyclic) bond motifs is 1. The minimum Gasteiger partial charge on any atom is -0.341 e. The van der Waals surface area contributed by atoms with Crippen molar-refractivity contribution >= 4 is 39.1 Å². The molecule has 0 radical (unpaired) electrons. The van der Waals surface area contributed by atoms with Gasteiger partial charge in [0.05, 0.1) is 9.71 Å². The van der Waals surface area contributed by atoms with Crippen molar-refractivity contribution in [2.24, 2.45) is 5.92 Å². The second-order valence-electron chi connectivity index (χ2n) is 8.74. The van der Waals surface area contributed by atoms with E-state index in [0.717, 1.165) is 34.5 Å². The summed E-state index contributed by atoms with van der Waals surface area (Å²) in [7, 11) is 0. The number of aryl methyl sites for hydroxylation is 1. The van der Waals surface area contributed by atoms with E-state index >= 15 is 0 Å². The van der Waals surface area contributed by atoms with Gasteiger partial charge in [-0.1, -0.05) is 54.1 Å². The van der Waals surface area contributed by atoms with Gasteiger partial charge >= 0.3 is 0 Å². The summed E-state index contributed by atoms with van der Waals surface area (Å²) in [5.74, 6) is 0.485. The highest BCUT2D eigenvalue weighted by molar-refractivity contribution is 7.19. The van der Waals surface area contributed by atoms with Crippen molar-refractivity contribution in [3.63, 3.8) is 0 Å². The van der Waals surface area contributed by atoms with Crippen molar-refractivity contribution in [2.45, 2.75) is 32.7 Å². The molecule has 2 aromatic carbocycles. The average Bonchev–Trinajstić information content (AvgIpc) is 3.24. The van der Waals surface area contributed by atoms with Gasteiger partial charge in [-0.25, -0.2) is 9.67 Å². The van der Waals surface area contributed by atoms with Crippen LogP contribution in [0.1, 0.15) is 23.4 Å². The van der Waals surface area contributed by atoms with E-state index in [4.69, 9.17) is 11.6 Å². The largest absolute Gasteiger partial charge is 0.341 e. The van der Waals surface area contributed by atoms with Crippen LogP contribution in [-0.2, 0) is 17.8 Å². The van der Waals surface area contributed by atoms with Crippen LogP contribution >= 0.6 is 22.9 Å². The van der Waals surface area contributed by atoms with E-state index in [9.17, 15) is 9.59 Å². The molecule has 0 aliphatic carbocycles. The van der Waals surface area contributed by atoms with Crippen LogP contribution in [0.5, 0.6) is 0 Å². The summed E-state index contributed by atoms with van der Waals surface area (Å²) in [5, 5.41) is 6.01. The van der Waals surface area contributed by atoms with Crippen LogP contribution in [0.3, 0.4) is 0 Å². The first kappa shape index (κ1) is 22.7. The van der Waals surface area contributed by atoms with Gasteiger partial charge in [0, 0.05) is 23.7 Å². The molecule has 0 N–H and O–H groups in total. The van der Waals surface area contributed by atoms with Crippen LogP contribution in [0, 0.1) is 12.8 Å². The Morgan fingerprint density at radius 3 is 2.50 bits per heavy atom. The van der Waals surface area contributed by atoms with Gasteiger partial charge in [0.15, 0.2) is 5.52 Å². The number of amides is 1. The lowest BCUT2D eigenvalue weighted by molar-refractivity contribution is -0.133. The first-order chi connectivity index (χ1) is 16.5. The molecule has 6 nitrogen and oxygen atoms in total. The van der Waals surface area contributed by atoms with Crippen LogP contribution in [0.2, 0.25) is 5.02 Å². The Kier molecular flexibility index (Phi) is 6.48. The molecule has 1 amide bonds. The number of hydrogen-bond acceptors (Lipinski definition) is 5. The second kappa shape index (κ2) is 9.68. The molecule has 0 unspecified atom stereocenters. The summed E-state index contributed by atoms with van der Waals surface area (Å²) in [6.07, 6.45) is 2.96. The summed E-state index contributed by atoms with van der Waals surface area (Å²) in [4.78, 5) is 32.5. The SMILES string of the molecule is Cc1nc2c(=O)n(CC(=O)N3CCC(Cc4ccccc4)CC3)nc(-c3ccc(Cl)cc3)c2s1. The van der Waals surface area contributed by atoms with Crippen molar-refractivity contribution in [1.82, 2.24) is 19.7 Å². The summed E-state index contributed by atoms with van der Waals surface area (Å²) < 4.78 is 2.00. The fourth-order valence-electron chi connectivity index (χ4n) is 4.53. The Morgan fingerprint density at radius 1 is 1.09 bits per heavy atom. The zero-order valence-corrected chi connectivity index (χ0v) is 20.5. The number of nitrogens with zero attached hydrogens (tertiary/aromatic N) is 4. The number of carbonyl (C=O) groups excluding carboxylic acids is 1. The second-order valence-corrected chi connectivity index (χ2v) is 10.4. The van der Waals surface area contributed by atoms with E-state index in [0.29, 0.717) is 35.2 Å². The van der Waals surface area contributed by atoms with Crippen LogP contribution in [0.15, 0.2) is 59.4 Å². The lowest BCUT2D eigenvalue weighted by Crippen LogP contribution is -2.42. The number of rotatable bonds is 5. The van der Waals surface area contributed by atoms with E-state index in [1.54, 1.807) is 12.1 Å². The van der Waals surface area contributed by atoms with Crippen LogP contribution in [-0.4, -0.2) is 38.7 Å². The lowest BCUT2D eigenvalue weighted by Gasteiger charge is -2.32. The summed E-state index contributed by atoms with van der Waals surface area (Å²) in [5.41, 5.74) is 2.85. The van der Waals surface area contributed by atoms with Gasteiger partial charge in [-0.2, -0.15) is 5.10 Å². The quantitative estimate of drug-likeness (QED) is 0.394. The Balaban J connectivity index is 1.34. The summed E-state index contributed by atoms with van der Waals surface area (Å²) in [6, 6.07) is 17.8. The highest BCUT2D eigenvalue weighted by Gasteiger charge is 2.25. The molecule has 4 aromatic rings. The molecule has 3 heterocycles. The molecule has 0 spiro atoms. The third-order valence-electron chi connectivity index (χ3n) is 6.34. The van der Waals surface area contributed by atoms with Crippen LogP contribution < -0.4 is 5.56 Å². The van der Waals surface area contributed by atoms with Crippen molar-refractivity contribution in [2.75, 3.05) is 13.1 Å². The Bertz CT molecular complexity index is 1370. The van der Waals surface area contributed by atoms with Gasteiger partial charge in [0.2, 0.25) is 5.91 Å². The van der Waals surface area contributed by atoms with E-state index in [1.807, 2.05) is 30.0 Å². The predicted molar refractivity (Wildman–Crippen MR) is 136 cm³/mol. The number of thiazole rings is 1. The summed E-state index contributed by atoms with van der Waals surface area (Å²) in [6.45, 7) is 3.18. The molecule has 0 atom stereocenters. The van der Waals surface area contributed by atoms with Crippen LogP contribution in [0.25, 0.3) is 21.5 Å².